The average molecular weight is 615 g/mol. The monoisotopic (exact) mass is 614 g/mol. The molecule has 0 saturated carbocycles. The minimum absolute atomic E-state index is 0.159. The molecule has 4 nitrogen and oxygen atoms in total. The highest BCUT2D eigenvalue weighted by atomic mass is 32.2. The van der Waals surface area contributed by atoms with Crippen LogP contribution in [-0.2, 0) is 28.1 Å². The van der Waals surface area contributed by atoms with E-state index in [1.54, 1.807) is 0 Å². The number of ether oxygens (including phenoxy) is 2. The number of hydrogen-bond acceptors (Lipinski definition) is 5. The maximum Gasteiger partial charge on any atom is 0.222 e. The van der Waals surface area contributed by atoms with Gasteiger partial charge in [0.1, 0.15) is 34.0 Å². The summed E-state index contributed by atoms with van der Waals surface area (Å²) in [4.78, 5) is 1.07. The Morgan fingerprint density at radius 1 is 0.614 bits per heavy atom. The van der Waals surface area contributed by atoms with E-state index in [1.165, 1.54) is 11.8 Å². The molecule has 6 heteroatoms. The van der Waals surface area contributed by atoms with Gasteiger partial charge in [0.15, 0.2) is 0 Å². The van der Waals surface area contributed by atoms with Crippen LogP contribution in [0.2, 0.25) is 0 Å². The molecule has 1 atom stereocenters. The molecular weight excluding hydrogens is 585 g/mol. The van der Waals surface area contributed by atoms with Crippen molar-refractivity contribution in [2.24, 2.45) is 0 Å². The van der Waals surface area contributed by atoms with Gasteiger partial charge in [0, 0.05) is 22.5 Å². The maximum atomic E-state index is 13.4. The van der Waals surface area contributed by atoms with Gasteiger partial charge in [-0.25, -0.2) is 0 Å². The third-order valence-corrected chi connectivity index (χ3v) is 9.34. The lowest BCUT2D eigenvalue weighted by molar-refractivity contribution is 0.214. The number of para-hydroxylation sites is 1. The molecule has 0 aliphatic heterocycles. The number of allylic oxidation sites excluding steroid dienone is 3. The van der Waals surface area contributed by atoms with Crippen LogP contribution < -0.4 is 4.74 Å². The largest absolute Gasteiger partial charge is 0.487 e. The Labute approximate surface area is 263 Å². The highest BCUT2D eigenvalue weighted by molar-refractivity contribution is 8.01. The van der Waals surface area contributed by atoms with Crippen LogP contribution >= 0.6 is 11.8 Å². The summed E-state index contributed by atoms with van der Waals surface area (Å²) >= 11 is 1.43. The van der Waals surface area contributed by atoms with E-state index in [2.05, 4.69) is 0 Å². The van der Waals surface area contributed by atoms with E-state index >= 15 is 0 Å². The summed E-state index contributed by atoms with van der Waals surface area (Å²) in [5.74, 6) is 1.53. The Morgan fingerprint density at radius 3 is 1.73 bits per heavy atom. The zero-order valence-electron chi connectivity index (χ0n) is 23.9. The molecule has 218 valence electrons. The standard InChI is InChI=1S/C38H30O4S2/c39-44(40)38-35(41-27-29-18-8-2-9-19-29)33(26-28-16-6-1-7-17-28)34(30-20-10-3-11-21-30)36(42-31-22-12-4-13-23-31)37(38)43-32-24-14-5-15-25-32/h1-25,37H,26-27H2. The Kier molecular flexibility index (Phi) is 9.41. The van der Waals surface area contributed by atoms with Crippen LogP contribution in [0, 0.1) is 0 Å². The van der Waals surface area contributed by atoms with Crippen molar-refractivity contribution in [2.75, 3.05) is 0 Å². The summed E-state index contributed by atoms with van der Waals surface area (Å²) < 4.78 is 40.1. The zero-order valence-corrected chi connectivity index (χ0v) is 25.5. The molecule has 6 rings (SSSR count). The molecule has 5 aromatic rings. The van der Waals surface area contributed by atoms with Crippen molar-refractivity contribution in [3.8, 4) is 5.75 Å². The minimum Gasteiger partial charge on any atom is -0.487 e. The SMILES string of the molecule is O=S(=O)=C1C(OCc2ccccc2)=C(Cc2ccccc2)C(c2ccccc2)=C(Oc2ccccc2)C1Sc1ccccc1. The van der Waals surface area contributed by atoms with Crippen LogP contribution in [0.25, 0.3) is 5.57 Å². The molecular formula is C38H30O4S2. The summed E-state index contributed by atoms with van der Waals surface area (Å²) in [7, 11) is -2.62. The molecule has 0 N–H and O–H groups in total. The van der Waals surface area contributed by atoms with E-state index in [0.717, 1.165) is 32.7 Å². The Morgan fingerprint density at radius 2 is 1.14 bits per heavy atom. The van der Waals surface area contributed by atoms with E-state index in [0.29, 0.717) is 23.7 Å². The number of thioether (sulfide) groups is 1. The third-order valence-electron chi connectivity index (χ3n) is 7.18. The van der Waals surface area contributed by atoms with Crippen molar-refractivity contribution < 1.29 is 17.9 Å². The first-order chi connectivity index (χ1) is 21.7. The predicted molar refractivity (Wildman–Crippen MR) is 179 cm³/mol. The second kappa shape index (κ2) is 14.1. The average Bonchev–Trinajstić information content (AvgIpc) is 3.07. The molecule has 1 aliphatic rings. The fourth-order valence-corrected chi connectivity index (χ4v) is 7.25. The molecule has 0 saturated heterocycles. The van der Waals surface area contributed by atoms with Crippen molar-refractivity contribution in [3.05, 3.63) is 185 Å². The van der Waals surface area contributed by atoms with Crippen LogP contribution in [0.1, 0.15) is 16.7 Å². The molecule has 0 fully saturated rings. The van der Waals surface area contributed by atoms with Crippen LogP contribution in [0.3, 0.4) is 0 Å². The lowest BCUT2D eigenvalue weighted by Gasteiger charge is -2.32. The molecule has 1 aliphatic carbocycles. The van der Waals surface area contributed by atoms with Crippen molar-refractivity contribution >= 4 is 32.5 Å². The molecule has 44 heavy (non-hydrogen) atoms. The first-order valence-electron chi connectivity index (χ1n) is 14.3. The van der Waals surface area contributed by atoms with Crippen molar-refractivity contribution in [2.45, 2.75) is 23.2 Å². The van der Waals surface area contributed by atoms with E-state index < -0.39 is 15.5 Å². The third kappa shape index (κ3) is 6.88. The normalized spacial score (nSPS) is 14.8. The lowest BCUT2D eigenvalue weighted by Crippen LogP contribution is -2.33. The molecule has 0 radical (unpaired) electrons. The van der Waals surface area contributed by atoms with Gasteiger partial charge in [0.25, 0.3) is 0 Å². The lowest BCUT2D eigenvalue weighted by atomic mass is 9.85. The molecule has 1 unspecified atom stereocenters. The molecule has 0 heterocycles. The smallest absolute Gasteiger partial charge is 0.222 e. The summed E-state index contributed by atoms with van der Waals surface area (Å²) in [5, 5.41) is -0.712. The number of benzene rings is 5. The first-order valence-corrected chi connectivity index (χ1v) is 16.3. The summed E-state index contributed by atoms with van der Waals surface area (Å²) in [6.45, 7) is 0.217. The van der Waals surface area contributed by atoms with Gasteiger partial charge in [-0.3, -0.25) is 0 Å². The van der Waals surface area contributed by atoms with Gasteiger partial charge in [-0.1, -0.05) is 127 Å². The second-order valence-electron chi connectivity index (χ2n) is 10.2. The summed E-state index contributed by atoms with van der Waals surface area (Å²) in [5.41, 5.74) is 4.47. The van der Waals surface area contributed by atoms with Gasteiger partial charge >= 0.3 is 0 Å². The first kappa shape index (κ1) is 29.3. The molecule has 0 spiro atoms. The highest BCUT2D eigenvalue weighted by Gasteiger charge is 2.40. The van der Waals surface area contributed by atoms with Gasteiger partial charge in [-0.15, -0.1) is 11.8 Å². The van der Waals surface area contributed by atoms with Gasteiger partial charge < -0.3 is 9.47 Å². The summed E-state index contributed by atoms with van der Waals surface area (Å²) in [6.07, 6.45) is 0.445. The maximum absolute atomic E-state index is 13.4. The fourth-order valence-electron chi connectivity index (χ4n) is 5.18. The van der Waals surface area contributed by atoms with E-state index in [9.17, 15) is 8.42 Å². The quantitative estimate of drug-likeness (QED) is 0.148. The molecule has 0 bridgehead atoms. The predicted octanol–water partition coefficient (Wildman–Crippen LogP) is 8.42. The molecule has 5 aromatic carbocycles. The van der Waals surface area contributed by atoms with Crippen LogP contribution in [-0.4, -0.2) is 18.5 Å². The van der Waals surface area contributed by atoms with Gasteiger partial charge in [0.05, 0.1) is 0 Å². The van der Waals surface area contributed by atoms with Gasteiger partial charge in [-0.05, 0) is 41.0 Å². The topological polar surface area (TPSA) is 52.6 Å². The minimum atomic E-state index is -2.62. The van der Waals surface area contributed by atoms with Gasteiger partial charge in [0.2, 0.25) is 10.3 Å². The highest BCUT2D eigenvalue weighted by Crippen LogP contribution is 2.44. The van der Waals surface area contributed by atoms with E-state index in [-0.39, 0.29) is 11.5 Å². The number of hydrogen-bond donors (Lipinski definition) is 0. The van der Waals surface area contributed by atoms with Crippen molar-refractivity contribution in [1.82, 2.24) is 0 Å². The van der Waals surface area contributed by atoms with E-state index in [4.69, 9.17) is 9.47 Å². The zero-order chi connectivity index (χ0) is 30.1. The van der Waals surface area contributed by atoms with Crippen LogP contribution in [0.5, 0.6) is 5.75 Å². The second-order valence-corrected chi connectivity index (χ2v) is 12.3. The molecule has 0 amide bonds. The van der Waals surface area contributed by atoms with Crippen LogP contribution in [0.4, 0.5) is 0 Å². The Balaban J connectivity index is 1.63. The molecule has 0 aromatic heterocycles. The number of rotatable bonds is 10. The Bertz CT molecular complexity index is 1890. The Hall–Kier alpha value is -4.78. The fraction of sp³-hybridized carbons (Fsp3) is 0.0789. The van der Waals surface area contributed by atoms with E-state index in [1.807, 2.05) is 152 Å². The van der Waals surface area contributed by atoms with Crippen molar-refractivity contribution in [1.29, 1.82) is 0 Å². The summed E-state index contributed by atoms with van der Waals surface area (Å²) in [6, 6.07) is 49.1. The van der Waals surface area contributed by atoms with Gasteiger partial charge in [-0.2, -0.15) is 8.42 Å². The van der Waals surface area contributed by atoms with Crippen LogP contribution in [0.15, 0.2) is 174 Å². The van der Waals surface area contributed by atoms with Crippen molar-refractivity contribution in [3.63, 3.8) is 0 Å².